The second kappa shape index (κ2) is 6.12. The molecule has 0 aromatic heterocycles. The molecule has 0 bridgehead atoms. The number of likely N-dealkylation sites (N-methyl/N-ethyl adjacent to an activating group) is 1. The summed E-state index contributed by atoms with van der Waals surface area (Å²) in [6, 6.07) is -0.776. The van der Waals surface area contributed by atoms with Gasteiger partial charge in [0.25, 0.3) is 0 Å². The molecule has 0 unspecified atom stereocenters. The molecule has 2 atom stereocenters. The quantitative estimate of drug-likeness (QED) is 0.506. The van der Waals surface area contributed by atoms with E-state index < -0.39 is 17.9 Å². The zero-order valence-electron chi connectivity index (χ0n) is 12.5. The van der Waals surface area contributed by atoms with E-state index in [9.17, 15) is 19.2 Å². The number of fused-ring (bicyclic) bond motifs is 1. The van der Waals surface area contributed by atoms with Gasteiger partial charge in [-0.2, -0.15) is 5.10 Å². The Kier molecular flexibility index (Phi) is 4.43. The maximum Gasteiger partial charge on any atom is 0.332 e. The Labute approximate surface area is 127 Å². The first-order valence-corrected chi connectivity index (χ1v) is 6.97. The first kappa shape index (κ1) is 15.9. The number of hydrogen-bond acceptors (Lipinski definition) is 5. The highest BCUT2D eigenvalue weighted by atomic mass is 16.2. The van der Waals surface area contributed by atoms with Crippen molar-refractivity contribution in [1.82, 2.24) is 15.2 Å². The Morgan fingerprint density at radius 2 is 1.95 bits per heavy atom. The number of nitrogens with zero attached hydrogens (tertiary/aromatic N) is 3. The van der Waals surface area contributed by atoms with Crippen molar-refractivity contribution in [1.29, 1.82) is 0 Å². The number of nitrogens with two attached hydrogens (primary N) is 1. The molecule has 9 nitrogen and oxygen atoms in total. The molecule has 1 saturated heterocycles. The monoisotopic (exact) mass is 309 g/mol. The fourth-order valence-electron chi connectivity index (χ4n) is 2.75. The number of rotatable bonds is 3. The maximum atomic E-state index is 12.4. The van der Waals surface area contributed by atoms with E-state index in [-0.39, 0.29) is 24.3 Å². The van der Waals surface area contributed by atoms with Crippen molar-refractivity contribution in [3.05, 3.63) is 0 Å². The van der Waals surface area contributed by atoms with Gasteiger partial charge in [-0.1, -0.05) is 0 Å². The van der Waals surface area contributed by atoms with Crippen molar-refractivity contribution >= 4 is 29.5 Å². The van der Waals surface area contributed by atoms with Gasteiger partial charge in [0.1, 0.15) is 6.54 Å². The molecular weight excluding hydrogens is 290 g/mol. The number of imide groups is 1. The Morgan fingerprint density at radius 3 is 2.55 bits per heavy atom. The fourth-order valence-corrected chi connectivity index (χ4v) is 2.75. The molecule has 0 aromatic carbocycles. The summed E-state index contributed by atoms with van der Waals surface area (Å²) in [5, 5.41) is 3.85. The summed E-state index contributed by atoms with van der Waals surface area (Å²) in [5.74, 6) is -1.87. The van der Waals surface area contributed by atoms with Gasteiger partial charge in [0.05, 0.1) is 11.8 Å². The first-order chi connectivity index (χ1) is 10.3. The van der Waals surface area contributed by atoms with Crippen molar-refractivity contribution in [2.75, 3.05) is 20.6 Å². The molecule has 0 aromatic rings. The van der Waals surface area contributed by atoms with Crippen LogP contribution in [0.1, 0.15) is 19.3 Å². The number of hydrogen-bond donors (Lipinski definition) is 2. The van der Waals surface area contributed by atoms with Crippen molar-refractivity contribution < 1.29 is 19.2 Å². The van der Waals surface area contributed by atoms with E-state index in [0.717, 1.165) is 4.90 Å². The van der Waals surface area contributed by atoms with Gasteiger partial charge >= 0.3 is 6.03 Å². The number of likely N-dealkylation sites (tertiary alicyclic amines) is 1. The highest BCUT2D eigenvalue weighted by Gasteiger charge is 2.49. The molecule has 1 saturated carbocycles. The number of hydrazone groups is 1. The average Bonchev–Trinajstić information content (AvgIpc) is 2.69. The molecule has 22 heavy (non-hydrogen) atoms. The molecule has 120 valence electrons. The lowest BCUT2D eigenvalue weighted by atomic mass is 9.80. The van der Waals surface area contributed by atoms with E-state index >= 15 is 0 Å². The van der Waals surface area contributed by atoms with Crippen LogP contribution in [0.25, 0.3) is 0 Å². The largest absolute Gasteiger partial charge is 0.350 e. The summed E-state index contributed by atoms with van der Waals surface area (Å²) >= 11 is 0. The molecular formula is C13H19N5O4. The van der Waals surface area contributed by atoms with Crippen molar-refractivity contribution in [3.8, 4) is 0 Å². The summed E-state index contributed by atoms with van der Waals surface area (Å²) in [6.45, 7) is -0.232. The third-order valence-electron chi connectivity index (χ3n) is 3.97. The Morgan fingerprint density at radius 1 is 1.32 bits per heavy atom. The molecule has 1 aliphatic heterocycles. The topological polar surface area (TPSA) is 125 Å². The Balaban J connectivity index is 2.09. The fraction of sp³-hybridized carbons (Fsp3) is 0.615. The van der Waals surface area contributed by atoms with Crippen LogP contribution in [-0.4, -0.2) is 59.9 Å². The molecule has 3 N–H and O–H groups in total. The highest BCUT2D eigenvalue weighted by molar-refractivity contribution is 6.09. The van der Waals surface area contributed by atoms with Crippen LogP contribution in [0.5, 0.6) is 0 Å². The van der Waals surface area contributed by atoms with Crippen LogP contribution in [0, 0.1) is 11.8 Å². The van der Waals surface area contributed by atoms with Gasteiger partial charge in [0.2, 0.25) is 17.7 Å². The number of carbonyl (C=O) groups is 4. The summed E-state index contributed by atoms with van der Waals surface area (Å²) in [5.41, 5.74) is 7.70. The molecule has 2 fully saturated rings. The van der Waals surface area contributed by atoms with E-state index in [1.54, 1.807) is 14.1 Å². The van der Waals surface area contributed by atoms with E-state index in [0.29, 0.717) is 25.0 Å². The predicted molar refractivity (Wildman–Crippen MR) is 76.4 cm³/mol. The van der Waals surface area contributed by atoms with Gasteiger partial charge in [-0.3, -0.25) is 19.3 Å². The third-order valence-corrected chi connectivity index (χ3v) is 3.97. The zero-order chi connectivity index (χ0) is 16.4. The van der Waals surface area contributed by atoms with Crippen LogP contribution in [0.15, 0.2) is 5.10 Å². The normalized spacial score (nSPS) is 26.1. The number of carbonyl (C=O) groups excluding carboxylic acids is 4. The zero-order valence-corrected chi connectivity index (χ0v) is 12.5. The summed E-state index contributed by atoms with van der Waals surface area (Å²) in [4.78, 5) is 49.4. The van der Waals surface area contributed by atoms with Gasteiger partial charge in [0, 0.05) is 19.8 Å². The van der Waals surface area contributed by atoms with E-state index in [2.05, 4.69) is 10.5 Å². The number of urea groups is 1. The molecule has 1 aliphatic carbocycles. The lowest BCUT2D eigenvalue weighted by Gasteiger charge is -2.21. The van der Waals surface area contributed by atoms with Gasteiger partial charge in [-0.05, 0) is 19.3 Å². The van der Waals surface area contributed by atoms with Crippen LogP contribution < -0.4 is 11.2 Å². The summed E-state index contributed by atoms with van der Waals surface area (Å²) in [7, 11) is 3.14. The summed E-state index contributed by atoms with van der Waals surface area (Å²) in [6.07, 6.45) is 1.28. The van der Waals surface area contributed by atoms with Gasteiger partial charge in [0.15, 0.2) is 0 Å². The molecule has 9 heteroatoms. The van der Waals surface area contributed by atoms with Crippen molar-refractivity contribution in [3.63, 3.8) is 0 Å². The average molecular weight is 309 g/mol. The molecule has 0 radical (unpaired) electrons. The van der Waals surface area contributed by atoms with E-state index in [1.807, 2.05) is 0 Å². The molecule has 5 amide bonds. The third kappa shape index (κ3) is 3.07. The van der Waals surface area contributed by atoms with Crippen LogP contribution >= 0.6 is 0 Å². The van der Waals surface area contributed by atoms with Crippen LogP contribution in [0.2, 0.25) is 0 Å². The van der Waals surface area contributed by atoms with Gasteiger partial charge in [-0.25, -0.2) is 10.2 Å². The van der Waals surface area contributed by atoms with Gasteiger partial charge < -0.3 is 10.6 Å². The van der Waals surface area contributed by atoms with Crippen LogP contribution in [0.4, 0.5) is 4.79 Å². The minimum Gasteiger partial charge on any atom is -0.350 e. The molecule has 1 heterocycles. The molecule has 2 rings (SSSR count). The minimum absolute atomic E-state index is 0.232. The molecule has 2 aliphatic rings. The second-order valence-electron chi connectivity index (χ2n) is 5.66. The lowest BCUT2D eigenvalue weighted by Crippen LogP contribution is -2.40. The smallest absolute Gasteiger partial charge is 0.332 e. The summed E-state index contributed by atoms with van der Waals surface area (Å²) < 4.78 is 0. The maximum absolute atomic E-state index is 12.4. The lowest BCUT2D eigenvalue weighted by molar-refractivity contribution is -0.145. The number of amides is 5. The second-order valence-corrected chi connectivity index (χ2v) is 5.66. The van der Waals surface area contributed by atoms with Gasteiger partial charge in [-0.15, -0.1) is 0 Å². The number of nitrogens with one attached hydrogen (secondary N) is 1. The number of primary amides is 1. The predicted octanol–water partition coefficient (Wildman–Crippen LogP) is -1.12. The SMILES string of the molecule is CN(C)C(=O)CN1C(=O)[C@@H]2CC/C(=N\NC(N)=O)C[C@H]2C1=O. The van der Waals surface area contributed by atoms with Crippen LogP contribution in [-0.2, 0) is 14.4 Å². The van der Waals surface area contributed by atoms with E-state index in [1.165, 1.54) is 4.90 Å². The Hall–Kier alpha value is -2.45. The molecule has 0 spiro atoms. The minimum atomic E-state index is -0.776. The van der Waals surface area contributed by atoms with Crippen molar-refractivity contribution in [2.24, 2.45) is 22.7 Å². The first-order valence-electron chi connectivity index (χ1n) is 6.97. The van der Waals surface area contributed by atoms with Crippen LogP contribution in [0.3, 0.4) is 0 Å². The van der Waals surface area contributed by atoms with E-state index in [4.69, 9.17) is 5.73 Å². The Bertz CT molecular complexity index is 557. The highest BCUT2D eigenvalue weighted by Crippen LogP contribution is 2.37. The standard InChI is InChI=1S/C13H19N5O4/c1-17(2)10(19)6-18-11(20)8-4-3-7(15-16-13(14)22)5-9(8)12(18)21/h8-9H,3-6H2,1-2H3,(H3,14,16,22)/b15-7+/t8-,9-/m1/s1. The van der Waals surface area contributed by atoms with Crippen molar-refractivity contribution in [2.45, 2.75) is 19.3 Å².